The molecule has 0 amide bonds. The van der Waals surface area contributed by atoms with E-state index in [2.05, 4.69) is 10.6 Å². The van der Waals surface area contributed by atoms with Gasteiger partial charge in [-0.1, -0.05) is 88.2 Å². The molecule has 0 aliphatic rings. The van der Waals surface area contributed by atoms with Crippen LogP contribution in [0.15, 0.2) is 60.7 Å². The normalized spacial score (nSPS) is 10.6. The molecule has 0 aliphatic heterocycles. The maximum Gasteiger partial charge on any atom is 2.00 e. The predicted molar refractivity (Wildman–Crippen MR) is 217 cm³/mol. The van der Waals surface area contributed by atoms with Gasteiger partial charge < -0.3 is 52.5 Å². The first kappa shape index (κ1) is 51.2. The summed E-state index contributed by atoms with van der Waals surface area (Å²) in [7, 11) is 0. The molecule has 1 atom stereocenters. The van der Waals surface area contributed by atoms with Gasteiger partial charge in [0.1, 0.15) is 6.04 Å². The Morgan fingerprint density at radius 3 is 1.39 bits per heavy atom. The molecule has 0 unspecified atom stereocenters. The molecule has 9 N–H and O–H groups in total. The zero-order valence-electron chi connectivity index (χ0n) is 30.5. The number of hydrogen-bond donors (Lipinski definition) is 5. The summed E-state index contributed by atoms with van der Waals surface area (Å²) in [6, 6.07) is 17.4. The minimum Gasteiger partial charge on any atom is -0.550 e. The summed E-state index contributed by atoms with van der Waals surface area (Å²) in [4.78, 5) is 31.9. The first-order valence-corrected chi connectivity index (χ1v) is 17.7. The number of carbonyl (C=O) groups excluding carboxylic acids is 2. The molecule has 0 aliphatic carbocycles. The van der Waals surface area contributed by atoms with Crippen molar-refractivity contribution in [1.82, 2.24) is 0 Å². The van der Waals surface area contributed by atoms with Crippen LogP contribution in [0.4, 0.5) is 22.7 Å². The molecule has 0 radical (unpaired) electrons. The average Bonchev–Trinajstić information content (AvgIpc) is 3.07. The first-order valence-electron chi connectivity index (χ1n) is 16.2. The average molecular weight is 851 g/mol. The van der Waals surface area contributed by atoms with E-state index in [0.29, 0.717) is 66.9 Å². The van der Waals surface area contributed by atoms with Gasteiger partial charge in [0.15, 0.2) is 0 Å². The third-order valence-corrected chi connectivity index (χ3v) is 9.45. The van der Waals surface area contributed by atoms with Crippen LogP contribution < -0.4 is 32.3 Å². The molecule has 54 heavy (non-hydrogen) atoms. The molecule has 11 nitrogen and oxygen atoms in total. The number of carboxylic acid groups (broad SMARTS) is 3. The summed E-state index contributed by atoms with van der Waals surface area (Å²) < 4.78 is 0. The Bertz CT molecular complexity index is 1760. The van der Waals surface area contributed by atoms with Crippen molar-refractivity contribution in [3.63, 3.8) is 0 Å². The Kier molecular flexibility index (Phi) is 24.0. The van der Waals surface area contributed by atoms with Gasteiger partial charge in [0, 0.05) is 46.2 Å². The van der Waals surface area contributed by atoms with Crippen LogP contribution in [0.3, 0.4) is 0 Å². The largest absolute Gasteiger partial charge is 2.00 e. The van der Waals surface area contributed by atoms with Crippen molar-refractivity contribution in [2.24, 2.45) is 11.5 Å². The fourth-order valence-electron chi connectivity index (χ4n) is 4.73. The molecule has 0 fully saturated rings. The van der Waals surface area contributed by atoms with Crippen molar-refractivity contribution in [3.8, 4) is 0 Å². The summed E-state index contributed by atoms with van der Waals surface area (Å²) >= 11 is 24.5. The molecule has 0 aromatic heterocycles. The molecule has 0 heterocycles. The quantitative estimate of drug-likeness (QED) is 0.0825. The molecule has 4 aromatic carbocycles. The minimum absolute atomic E-state index is 0. The topological polar surface area (TPSA) is 225 Å². The predicted octanol–water partition coefficient (Wildman–Crippen LogP) is 5.61. The van der Waals surface area contributed by atoms with Gasteiger partial charge in [-0.15, -0.1) is 0 Å². The first-order chi connectivity index (χ1) is 24.4. The Hall–Kier alpha value is -2.81. The number of carboxylic acids is 3. The summed E-state index contributed by atoms with van der Waals surface area (Å²) in [5.74, 6) is -3.18. The molecule has 0 saturated heterocycles. The Morgan fingerprint density at radius 2 is 1.06 bits per heavy atom. The van der Waals surface area contributed by atoms with Crippen LogP contribution in [0.2, 0.25) is 20.1 Å². The zero-order chi connectivity index (χ0) is 39.1. The van der Waals surface area contributed by atoms with Crippen molar-refractivity contribution in [2.75, 3.05) is 17.2 Å². The van der Waals surface area contributed by atoms with Crippen molar-refractivity contribution in [1.29, 1.82) is 0 Å². The Morgan fingerprint density at radius 1 is 0.685 bits per heavy atom. The van der Waals surface area contributed by atoms with Gasteiger partial charge >= 0.3 is 43.7 Å². The molecular formula is C38H44CaCl4N4O7. The van der Waals surface area contributed by atoms with Gasteiger partial charge in [-0.3, -0.25) is 4.79 Å². The number of anilines is 4. The second-order valence-electron chi connectivity index (χ2n) is 12.0. The van der Waals surface area contributed by atoms with E-state index in [1.807, 2.05) is 64.1 Å². The van der Waals surface area contributed by atoms with Crippen molar-refractivity contribution < 1.29 is 35.2 Å². The smallest absolute Gasteiger partial charge is 0.550 e. The number of unbranched alkanes of at least 4 members (excludes halogenated alkanes) is 1. The summed E-state index contributed by atoms with van der Waals surface area (Å²) in [5.41, 5.74) is 18.0. The number of rotatable bonds is 13. The number of halogens is 4. The molecule has 288 valence electrons. The van der Waals surface area contributed by atoms with E-state index in [1.54, 1.807) is 24.3 Å². The monoisotopic (exact) mass is 848 g/mol. The fourth-order valence-corrected chi connectivity index (χ4v) is 5.57. The molecule has 0 bridgehead atoms. The van der Waals surface area contributed by atoms with E-state index < -0.39 is 23.9 Å². The van der Waals surface area contributed by atoms with E-state index in [1.165, 1.54) is 0 Å². The van der Waals surface area contributed by atoms with Gasteiger partial charge in [0.2, 0.25) is 0 Å². The van der Waals surface area contributed by atoms with Crippen molar-refractivity contribution >= 4 is 125 Å². The van der Waals surface area contributed by atoms with Gasteiger partial charge in [0.25, 0.3) is 0 Å². The SMILES string of the molecule is Cc1ccc(Nc2ccc(Cl)c(C)c2Cl)c(CC(=O)[O-])c1.Cc1ccc(Nc2ccc(Cl)c(C)c2Cl)c(CC(=O)[O-])c1.NCCCC[C@H](N)C(=O)O.O.[Ca+2]. The third kappa shape index (κ3) is 16.9. The Labute approximate surface area is 365 Å². The third-order valence-electron chi connectivity index (χ3n) is 7.66. The number of aliphatic carboxylic acids is 3. The fraction of sp³-hybridized carbons (Fsp3) is 0.289. The van der Waals surface area contributed by atoms with E-state index in [9.17, 15) is 24.6 Å². The van der Waals surface area contributed by atoms with Crippen molar-refractivity contribution in [3.05, 3.63) is 114 Å². The molecule has 4 aromatic rings. The molecule has 0 spiro atoms. The van der Waals surface area contributed by atoms with Crippen LogP contribution in [0.5, 0.6) is 0 Å². The zero-order valence-corrected chi connectivity index (χ0v) is 35.7. The maximum atomic E-state index is 10.9. The number of benzene rings is 4. The van der Waals surface area contributed by atoms with Crippen LogP contribution in [0.1, 0.15) is 52.6 Å². The number of carbonyl (C=O) groups is 3. The van der Waals surface area contributed by atoms with Crippen LogP contribution in [-0.4, -0.2) is 78.8 Å². The number of aryl methyl sites for hydroxylation is 2. The number of hydrogen-bond acceptors (Lipinski definition) is 9. The standard InChI is InChI=1S/2C16H15Cl2NO2.C6H14N2O2.Ca.H2O/c2*1-9-3-5-13(11(7-9)8-15(20)21)19-14-6-4-12(17)10(2)16(14)18;7-4-2-1-3-5(8)6(9)10;;/h2*3-7,19H,8H2,1-2H3,(H,20,21);5H,1-4,7-8H2,(H,9,10);;1H2/q;;;+2;/p-2/t;;5-;;/m..0../s1. The summed E-state index contributed by atoms with van der Waals surface area (Å²) in [6.07, 6.45) is 1.85. The molecule has 0 saturated carbocycles. The van der Waals surface area contributed by atoms with Gasteiger partial charge in [-0.2, -0.15) is 0 Å². The van der Waals surface area contributed by atoms with E-state index in [4.69, 9.17) is 63.0 Å². The minimum atomic E-state index is -1.12. The van der Waals surface area contributed by atoms with Crippen molar-refractivity contribution in [2.45, 2.75) is 65.8 Å². The van der Waals surface area contributed by atoms with Gasteiger partial charge in [0.05, 0.1) is 21.4 Å². The number of nitrogens with two attached hydrogens (primary N) is 2. The van der Waals surface area contributed by atoms with Gasteiger partial charge in [-0.25, -0.2) is 0 Å². The molecule has 16 heteroatoms. The van der Waals surface area contributed by atoms with E-state index >= 15 is 0 Å². The summed E-state index contributed by atoms with van der Waals surface area (Å²) in [6.45, 7) is 8.07. The number of nitrogens with one attached hydrogen (secondary N) is 2. The maximum absolute atomic E-state index is 10.9. The summed E-state index contributed by atoms with van der Waals surface area (Å²) in [5, 5.41) is 38.6. The van der Waals surface area contributed by atoms with E-state index in [0.717, 1.165) is 35.1 Å². The van der Waals surface area contributed by atoms with E-state index in [-0.39, 0.29) is 56.1 Å². The molecule has 4 rings (SSSR count). The Balaban J connectivity index is 0.000000815. The second-order valence-corrected chi connectivity index (χ2v) is 13.5. The van der Waals surface area contributed by atoms with Crippen LogP contribution >= 0.6 is 46.4 Å². The molecular weight excluding hydrogens is 806 g/mol. The van der Waals surface area contributed by atoms with Crippen LogP contribution in [0.25, 0.3) is 0 Å². The van der Waals surface area contributed by atoms with Crippen LogP contribution in [0, 0.1) is 27.7 Å². The van der Waals surface area contributed by atoms with Gasteiger partial charge in [-0.05, 0) is 106 Å². The van der Waals surface area contributed by atoms with Crippen LogP contribution in [-0.2, 0) is 27.2 Å². The second kappa shape index (κ2) is 25.4.